The maximum atomic E-state index is 11.7. The highest BCUT2D eigenvalue weighted by Crippen LogP contribution is 2.26. The molecule has 2 rings (SSSR count). The van der Waals surface area contributed by atoms with Gasteiger partial charge in [0.15, 0.2) is 0 Å². The summed E-state index contributed by atoms with van der Waals surface area (Å²) in [7, 11) is 1.77. The Labute approximate surface area is 115 Å². The molecule has 1 amide bonds. The number of aromatic nitrogens is 2. The first kappa shape index (κ1) is 13.5. The number of rotatable bonds is 5. The zero-order valence-corrected chi connectivity index (χ0v) is 12.0. The van der Waals surface area contributed by atoms with E-state index >= 15 is 0 Å². The van der Waals surface area contributed by atoms with Crippen molar-refractivity contribution in [2.75, 3.05) is 24.2 Å². The monoisotopic (exact) mass is 279 g/mol. The lowest BCUT2D eigenvalue weighted by molar-refractivity contribution is -0.121. The third kappa shape index (κ3) is 2.93. The molecule has 0 aliphatic rings. The van der Waals surface area contributed by atoms with Gasteiger partial charge in [-0.15, -0.1) is 11.3 Å². The van der Waals surface area contributed by atoms with Crippen molar-refractivity contribution in [1.29, 1.82) is 0 Å². The van der Waals surface area contributed by atoms with Gasteiger partial charge >= 0.3 is 0 Å². The highest BCUT2D eigenvalue weighted by atomic mass is 32.1. The topological polar surface area (TPSA) is 78.9 Å². The fourth-order valence-corrected chi connectivity index (χ4v) is 2.44. The Bertz CT molecular complexity index is 583. The molecule has 19 heavy (non-hydrogen) atoms. The Hall–Kier alpha value is -1.89. The molecular formula is C12H17N5OS. The van der Waals surface area contributed by atoms with Gasteiger partial charge in [0.25, 0.3) is 0 Å². The Morgan fingerprint density at radius 3 is 2.95 bits per heavy atom. The van der Waals surface area contributed by atoms with E-state index in [0.717, 1.165) is 10.2 Å². The average Bonchev–Trinajstić information content (AvgIpc) is 2.87. The van der Waals surface area contributed by atoms with Gasteiger partial charge in [-0.05, 0) is 25.3 Å². The van der Waals surface area contributed by atoms with Crippen molar-refractivity contribution in [3.8, 4) is 0 Å². The summed E-state index contributed by atoms with van der Waals surface area (Å²) in [6, 6.07) is 1.61. The summed E-state index contributed by atoms with van der Waals surface area (Å²) in [5, 5.41) is 11.7. The van der Waals surface area contributed by atoms with Crippen molar-refractivity contribution in [3.05, 3.63) is 11.4 Å². The zero-order chi connectivity index (χ0) is 13.8. The van der Waals surface area contributed by atoms with Crippen LogP contribution in [0.15, 0.2) is 11.4 Å². The maximum Gasteiger partial charge on any atom is 0.242 e. The van der Waals surface area contributed by atoms with Crippen molar-refractivity contribution in [1.82, 2.24) is 15.3 Å². The normalized spacial score (nSPS) is 12.2. The van der Waals surface area contributed by atoms with E-state index in [9.17, 15) is 4.79 Å². The molecule has 0 saturated heterocycles. The van der Waals surface area contributed by atoms with Gasteiger partial charge in [-0.25, -0.2) is 4.98 Å². The second-order valence-electron chi connectivity index (χ2n) is 4.05. The van der Waals surface area contributed by atoms with E-state index < -0.39 is 0 Å². The van der Waals surface area contributed by atoms with Crippen LogP contribution in [0.1, 0.15) is 13.8 Å². The van der Waals surface area contributed by atoms with Crippen LogP contribution in [-0.2, 0) is 4.79 Å². The molecule has 3 N–H and O–H groups in total. The third-order valence-corrected chi connectivity index (χ3v) is 3.45. The number of thiophene rings is 1. The lowest BCUT2D eigenvalue weighted by Crippen LogP contribution is -2.37. The van der Waals surface area contributed by atoms with Crippen LogP contribution in [0.2, 0.25) is 0 Å². The van der Waals surface area contributed by atoms with E-state index in [-0.39, 0.29) is 11.9 Å². The SMILES string of the molecule is CCNC(=O)C(C)Nc1nc(NC)nc2sccc12. The summed E-state index contributed by atoms with van der Waals surface area (Å²) >= 11 is 1.55. The predicted molar refractivity (Wildman–Crippen MR) is 78.7 cm³/mol. The van der Waals surface area contributed by atoms with Crippen molar-refractivity contribution < 1.29 is 4.79 Å². The number of carbonyl (C=O) groups is 1. The minimum atomic E-state index is -0.345. The Kier molecular flexibility index (Phi) is 4.16. The highest BCUT2D eigenvalue weighted by molar-refractivity contribution is 7.16. The van der Waals surface area contributed by atoms with Crippen LogP contribution in [0.5, 0.6) is 0 Å². The van der Waals surface area contributed by atoms with Crippen LogP contribution in [-0.4, -0.2) is 35.5 Å². The number of anilines is 2. The summed E-state index contributed by atoms with van der Waals surface area (Å²) in [4.78, 5) is 21.4. The van der Waals surface area contributed by atoms with E-state index in [0.29, 0.717) is 18.3 Å². The Balaban J connectivity index is 2.28. The van der Waals surface area contributed by atoms with Gasteiger partial charge < -0.3 is 16.0 Å². The molecule has 0 fully saturated rings. The standard InChI is InChI=1S/C12H17N5OS/c1-4-14-10(18)7(2)15-9-8-5-6-19-11(8)17-12(13-3)16-9/h5-7H,4H2,1-3H3,(H,14,18)(H2,13,15,16,17). The molecule has 0 aromatic carbocycles. The summed E-state index contributed by atoms with van der Waals surface area (Å²) in [6.07, 6.45) is 0. The summed E-state index contributed by atoms with van der Waals surface area (Å²) in [5.74, 6) is 1.17. The van der Waals surface area contributed by atoms with Gasteiger partial charge in [-0.2, -0.15) is 4.98 Å². The molecule has 2 aromatic heterocycles. The van der Waals surface area contributed by atoms with Crippen LogP contribution in [0.4, 0.5) is 11.8 Å². The molecule has 0 bridgehead atoms. The molecule has 0 aliphatic heterocycles. The molecule has 0 aliphatic carbocycles. The first-order valence-corrected chi connectivity index (χ1v) is 7.01. The Morgan fingerprint density at radius 2 is 2.26 bits per heavy atom. The molecule has 7 heteroatoms. The van der Waals surface area contributed by atoms with Crippen LogP contribution >= 0.6 is 11.3 Å². The molecule has 102 valence electrons. The lowest BCUT2D eigenvalue weighted by atomic mass is 10.3. The molecule has 0 radical (unpaired) electrons. The van der Waals surface area contributed by atoms with Crippen LogP contribution in [0.25, 0.3) is 10.2 Å². The van der Waals surface area contributed by atoms with Crippen molar-refractivity contribution >= 4 is 39.2 Å². The van der Waals surface area contributed by atoms with Gasteiger partial charge in [0.2, 0.25) is 11.9 Å². The van der Waals surface area contributed by atoms with Gasteiger partial charge in [0.05, 0.1) is 5.39 Å². The summed E-state index contributed by atoms with van der Waals surface area (Å²) < 4.78 is 0. The molecule has 1 unspecified atom stereocenters. The van der Waals surface area contributed by atoms with Crippen molar-refractivity contribution in [3.63, 3.8) is 0 Å². The first-order chi connectivity index (χ1) is 9.15. The summed E-state index contributed by atoms with van der Waals surface area (Å²) in [5.41, 5.74) is 0. The van der Waals surface area contributed by atoms with E-state index in [1.54, 1.807) is 18.4 Å². The van der Waals surface area contributed by atoms with Gasteiger partial charge in [0.1, 0.15) is 16.7 Å². The van der Waals surface area contributed by atoms with Crippen LogP contribution in [0.3, 0.4) is 0 Å². The lowest BCUT2D eigenvalue weighted by Gasteiger charge is -2.15. The molecule has 0 saturated carbocycles. The number of nitrogens with one attached hydrogen (secondary N) is 3. The number of carbonyl (C=O) groups excluding carboxylic acids is 1. The summed E-state index contributed by atoms with van der Waals surface area (Å²) in [6.45, 7) is 4.32. The molecule has 1 atom stereocenters. The molecule has 2 aromatic rings. The number of nitrogens with zero attached hydrogens (tertiary/aromatic N) is 2. The van der Waals surface area contributed by atoms with Crippen molar-refractivity contribution in [2.24, 2.45) is 0 Å². The average molecular weight is 279 g/mol. The van der Waals surface area contributed by atoms with E-state index in [4.69, 9.17) is 0 Å². The fraction of sp³-hybridized carbons (Fsp3) is 0.417. The van der Waals surface area contributed by atoms with Crippen LogP contribution in [0, 0.1) is 0 Å². The number of hydrogen-bond donors (Lipinski definition) is 3. The highest BCUT2D eigenvalue weighted by Gasteiger charge is 2.15. The zero-order valence-electron chi connectivity index (χ0n) is 11.2. The first-order valence-electron chi connectivity index (χ1n) is 6.13. The number of fused-ring (bicyclic) bond motifs is 1. The van der Waals surface area contributed by atoms with Gasteiger partial charge in [-0.1, -0.05) is 0 Å². The quantitative estimate of drug-likeness (QED) is 0.776. The smallest absolute Gasteiger partial charge is 0.242 e. The predicted octanol–water partition coefficient (Wildman–Crippen LogP) is 1.67. The largest absolute Gasteiger partial charge is 0.358 e. The molecule has 6 nitrogen and oxygen atoms in total. The van der Waals surface area contributed by atoms with Gasteiger partial charge in [0, 0.05) is 13.6 Å². The third-order valence-electron chi connectivity index (χ3n) is 2.65. The molecule has 0 spiro atoms. The maximum absolute atomic E-state index is 11.7. The fourth-order valence-electron chi connectivity index (χ4n) is 1.68. The van der Waals surface area contributed by atoms with E-state index in [2.05, 4.69) is 25.9 Å². The van der Waals surface area contributed by atoms with E-state index in [1.165, 1.54) is 0 Å². The molecule has 2 heterocycles. The second kappa shape index (κ2) is 5.83. The Morgan fingerprint density at radius 1 is 1.47 bits per heavy atom. The van der Waals surface area contributed by atoms with Crippen LogP contribution < -0.4 is 16.0 Å². The molecular weight excluding hydrogens is 262 g/mol. The minimum absolute atomic E-state index is 0.0458. The van der Waals surface area contributed by atoms with Crippen molar-refractivity contribution in [2.45, 2.75) is 19.9 Å². The second-order valence-corrected chi connectivity index (χ2v) is 4.94. The van der Waals surface area contributed by atoms with E-state index in [1.807, 2.05) is 25.3 Å². The number of hydrogen-bond acceptors (Lipinski definition) is 6. The van der Waals surface area contributed by atoms with Gasteiger partial charge in [-0.3, -0.25) is 4.79 Å². The minimum Gasteiger partial charge on any atom is -0.358 e. The number of amides is 1. The number of likely N-dealkylation sites (N-methyl/N-ethyl adjacent to an activating group) is 1.